The molecule has 0 aliphatic carbocycles. The molecule has 0 spiro atoms. The minimum atomic E-state index is -1.64. The molecule has 0 bridgehead atoms. The van der Waals surface area contributed by atoms with Gasteiger partial charge in [-0.2, -0.15) is 0 Å². The second-order valence-corrected chi connectivity index (χ2v) is 3.73. The molecule has 20 heavy (non-hydrogen) atoms. The molecule has 0 unspecified atom stereocenters. The summed E-state index contributed by atoms with van der Waals surface area (Å²) in [5, 5.41) is 68.1. The molecule has 0 heterocycles. The fraction of sp³-hybridized carbons (Fsp3) is 0.800. The van der Waals surface area contributed by atoms with Crippen molar-refractivity contribution in [1.29, 1.82) is 0 Å². The lowest BCUT2D eigenvalue weighted by Crippen LogP contribution is -2.40. The number of hydrogen-bond donors (Lipinski definition) is 8. The molecule has 10 heteroatoms. The molecule has 0 aromatic carbocycles. The van der Waals surface area contributed by atoms with Gasteiger partial charge in [-0.3, -0.25) is 0 Å². The van der Waals surface area contributed by atoms with Gasteiger partial charge in [0.2, 0.25) is 0 Å². The lowest BCUT2D eigenvalue weighted by molar-refractivity contribution is -0.128. The molecule has 0 fully saturated rings. The van der Waals surface area contributed by atoms with Crippen molar-refractivity contribution in [1.82, 2.24) is 0 Å². The summed E-state index contributed by atoms with van der Waals surface area (Å²) in [7, 11) is 0. The second-order valence-electron chi connectivity index (χ2n) is 3.73. The van der Waals surface area contributed by atoms with Crippen LogP contribution in [0.3, 0.4) is 0 Å². The Morgan fingerprint density at radius 2 is 0.900 bits per heavy atom. The lowest BCUT2D eigenvalue weighted by atomic mass is 10.1. The summed E-state index contributed by atoms with van der Waals surface area (Å²) in [5.74, 6) is 0. The molecule has 0 aromatic heterocycles. The van der Waals surface area contributed by atoms with E-state index in [1.54, 1.807) is 0 Å². The molecule has 0 saturated carbocycles. The number of aliphatic hydroxyl groups is 8. The lowest BCUT2D eigenvalue weighted by Gasteiger charge is -2.16. The highest BCUT2D eigenvalue weighted by Crippen LogP contribution is 1.97. The molecule has 120 valence electrons. The smallest absolute Gasteiger partial charge is 0.151 e. The highest BCUT2D eigenvalue weighted by atomic mass is 16.4. The van der Waals surface area contributed by atoms with Crippen LogP contribution < -0.4 is 0 Å². The van der Waals surface area contributed by atoms with Gasteiger partial charge in [-0.25, -0.2) is 0 Å². The summed E-state index contributed by atoms with van der Waals surface area (Å²) in [4.78, 5) is 19.5. The molecular formula is C10H20O10. The van der Waals surface area contributed by atoms with E-state index in [-0.39, 0.29) is 12.6 Å². The first-order valence-corrected chi connectivity index (χ1v) is 5.47. The molecule has 8 N–H and O–H groups in total. The fourth-order valence-corrected chi connectivity index (χ4v) is 0.832. The van der Waals surface area contributed by atoms with Crippen molar-refractivity contribution in [3.8, 4) is 0 Å². The maximum Gasteiger partial charge on any atom is 0.151 e. The molecule has 0 amide bonds. The highest BCUT2D eigenvalue weighted by molar-refractivity contribution is 5.57. The molecule has 0 aliphatic rings. The van der Waals surface area contributed by atoms with Crippen LogP contribution in [0.15, 0.2) is 0 Å². The van der Waals surface area contributed by atoms with Gasteiger partial charge in [0.25, 0.3) is 0 Å². The van der Waals surface area contributed by atoms with E-state index in [0.29, 0.717) is 0 Å². The van der Waals surface area contributed by atoms with Crippen LogP contribution in [-0.2, 0) is 9.59 Å². The van der Waals surface area contributed by atoms with Gasteiger partial charge in [-0.1, -0.05) is 0 Å². The van der Waals surface area contributed by atoms with Crippen LogP contribution in [0.5, 0.6) is 0 Å². The third-order valence-electron chi connectivity index (χ3n) is 2.14. The van der Waals surface area contributed by atoms with E-state index in [1.807, 2.05) is 0 Å². The SMILES string of the molecule is O=C[C@@H](O)[C@H](O)[C@H](O)CO.O=C[C@H](O)[C@H](O)[C@H](O)CO. The van der Waals surface area contributed by atoms with Crippen LogP contribution >= 0.6 is 0 Å². The van der Waals surface area contributed by atoms with Crippen molar-refractivity contribution in [2.24, 2.45) is 0 Å². The molecule has 0 saturated heterocycles. The Balaban J connectivity index is 0. The van der Waals surface area contributed by atoms with Gasteiger partial charge >= 0.3 is 0 Å². The zero-order valence-corrected chi connectivity index (χ0v) is 10.4. The Morgan fingerprint density at radius 1 is 0.650 bits per heavy atom. The van der Waals surface area contributed by atoms with Crippen LogP contribution in [0.25, 0.3) is 0 Å². The van der Waals surface area contributed by atoms with Crippen molar-refractivity contribution in [2.45, 2.75) is 36.6 Å². The molecule has 0 rings (SSSR count). The first-order valence-electron chi connectivity index (χ1n) is 5.47. The van der Waals surface area contributed by atoms with Gasteiger partial charge in [0, 0.05) is 0 Å². The van der Waals surface area contributed by atoms with Crippen molar-refractivity contribution < 1.29 is 50.4 Å². The first kappa shape index (κ1) is 21.3. The number of carbonyl (C=O) groups excluding carboxylic acids is 2. The number of aliphatic hydroxyl groups excluding tert-OH is 8. The number of hydrogen-bond acceptors (Lipinski definition) is 10. The molecule has 0 aliphatic heterocycles. The van der Waals surface area contributed by atoms with Crippen LogP contribution in [0.2, 0.25) is 0 Å². The Labute approximate surface area is 114 Å². The first-order chi connectivity index (χ1) is 9.26. The number of carbonyl (C=O) groups is 2. The van der Waals surface area contributed by atoms with Gasteiger partial charge in [-0.05, 0) is 0 Å². The van der Waals surface area contributed by atoms with E-state index in [4.69, 9.17) is 40.9 Å². The minimum Gasteiger partial charge on any atom is -0.394 e. The molecule has 10 nitrogen and oxygen atoms in total. The summed E-state index contributed by atoms with van der Waals surface area (Å²) in [5.41, 5.74) is 0. The van der Waals surface area contributed by atoms with Crippen molar-refractivity contribution in [2.75, 3.05) is 13.2 Å². The van der Waals surface area contributed by atoms with Crippen LogP contribution in [-0.4, -0.2) is 103 Å². The quantitative estimate of drug-likeness (QED) is 0.200. The summed E-state index contributed by atoms with van der Waals surface area (Å²) < 4.78 is 0. The average Bonchev–Trinajstić information content (AvgIpc) is 2.50. The highest BCUT2D eigenvalue weighted by Gasteiger charge is 2.23. The van der Waals surface area contributed by atoms with Gasteiger partial charge < -0.3 is 50.4 Å². The summed E-state index contributed by atoms with van der Waals surface area (Å²) >= 11 is 0. The van der Waals surface area contributed by atoms with E-state index in [2.05, 4.69) is 0 Å². The monoisotopic (exact) mass is 300 g/mol. The molecule has 6 atom stereocenters. The maximum absolute atomic E-state index is 9.76. The third-order valence-corrected chi connectivity index (χ3v) is 2.14. The van der Waals surface area contributed by atoms with Crippen molar-refractivity contribution in [3.63, 3.8) is 0 Å². The van der Waals surface area contributed by atoms with Crippen molar-refractivity contribution in [3.05, 3.63) is 0 Å². The van der Waals surface area contributed by atoms with Crippen LogP contribution in [0.1, 0.15) is 0 Å². The maximum atomic E-state index is 9.76. The Bertz CT molecular complexity index is 234. The van der Waals surface area contributed by atoms with Crippen LogP contribution in [0.4, 0.5) is 0 Å². The molecule has 0 aromatic rings. The topological polar surface area (TPSA) is 196 Å². The summed E-state index contributed by atoms with van der Waals surface area (Å²) in [6, 6.07) is 0. The Morgan fingerprint density at radius 3 is 1.05 bits per heavy atom. The Kier molecular flexibility index (Phi) is 12.6. The normalized spacial score (nSPS) is 19.6. The van der Waals surface area contributed by atoms with E-state index in [1.165, 1.54) is 0 Å². The predicted octanol–water partition coefficient (Wildman–Crippen LogP) is -5.48. The summed E-state index contributed by atoms with van der Waals surface area (Å²) in [6.07, 6.45) is -9.26. The van der Waals surface area contributed by atoms with E-state index >= 15 is 0 Å². The van der Waals surface area contributed by atoms with Gasteiger partial charge in [0.15, 0.2) is 12.6 Å². The third kappa shape index (κ3) is 8.24. The van der Waals surface area contributed by atoms with E-state index in [9.17, 15) is 9.59 Å². The Hall–Kier alpha value is -0.980. The van der Waals surface area contributed by atoms with E-state index in [0.717, 1.165) is 0 Å². The molecule has 0 radical (unpaired) electrons. The number of aldehydes is 2. The second kappa shape index (κ2) is 11.8. The zero-order chi connectivity index (χ0) is 16.3. The fourth-order valence-electron chi connectivity index (χ4n) is 0.832. The summed E-state index contributed by atoms with van der Waals surface area (Å²) in [6.45, 7) is -1.38. The van der Waals surface area contributed by atoms with Gasteiger partial charge in [0.05, 0.1) is 13.2 Å². The average molecular weight is 300 g/mol. The van der Waals surface area contributed by atoms with Gasteiger partial charge in [-0.15, -0.1) is 0 Å². The zero-order valence-electron chi connectivity index (χ0n) is 10.4. The van der Waals surface area contributed by atoms with Crippen molar-refractivity contribution >= 4 is 12.6 Å². The van der Waals surface area contributed by atoms with Crippen LogP contribution in [0, 0.1) is 0 Å². The minimum absolute atomic E-state index is 0.0869. The molecular weight excluding hydrogens is 280 g/mol. The predicted molar refractivity (Wildman–Crippen MR) is 62.3 cm³/mol. The van der Waals surface area contributed by atoms with Gasteiger partial charge in [0.1, 0.15) is 36.6 Å². The largest absolute Gasteiger partial charge is 0.394 e. The standard InChI is InChI=1S/2C5H10O5/c2*6-1-3(8)5(10)4(9)2-7/h2*1,3-5,7-10H,2H2/t3-,4+,5-;3-,4-,5+/m01/s1. The van der Waals surface area contributed by atoms with E-state index < -0.39 is 49.8 Å². The number of rotatable bonds is 8.